The minimum Gasteiger partial charge on any atom is -0.294 e. The molecule has 98 valence electrons. The molecule has 1 aromatic carbocycles. The summed E-state index contributed by atoms with van der Waals surface area (Å²) in [5, 5.41) is 2.20. The number of benzene rings is 1. The van der Waals surface area contributed by atoms with Crippen LogP contribution in [-0.4, -0.2) is 11.7 Å². The fraction of sp³-hybridized carbons (Fsp3) is 0.267. The van der Waals surface area contributed by atoms with Crippen LogP contribution < -0.4 is 4.90 Å². The molecular weight excluding hydrogens is 274 g/mol. The van der Waals surface area contributed by atoms with Gasteiger partial charge in [0.25, 0.3) is 0 Å². The van der Waals surface area contributed by atoms with Gasteiger partial charge in [0.1, 0.15) is 5.37 Å². The van der Waals surface area contributed by atoms with Gasteiger partial charge in [0.05, 0.1) is 5.75 Å². The van der Waals surface area contributed by atoms with E-state index in [4.69, 9.17) is 0 Å². The van der Waals surface area contributed by atoms with Crippen molar-refractivity contribution in [3.63, 3.8) is 0 Å². The maximum Gasteiger partial charge on any atom is 0.238 e. The zero-order valence-electron chi connectivity index (χ0n) is 10.9. The molecule has 0 unspecified atom stereocenters. The number of rotatable bonds is 2. The van der Waals surface area contributed by atoms with Crippen LogP contribution in [0, 0.1) is 13.8 Å². The fourth-order valence-electron chi connectivity index (χ4n) is 2.44. The third kappa shape index (κ3) is 2.42. The lowest BCUT2D eigenvalue weighted by molar-refractivity contribution is -0.115. The summed E-state index contributed by atoms with van der Waals surface area (Å²) in [6.45, 7) is 4.15. The van der Waals surface area contributed by atoms with E-state index in [1.807, 2.05) is 11.0 Å². The summed E-state index contributed by atoms with van der Waals surface area (Å²) in [7, 11) is 0. The zero-order valence-corrected chi connectivity index (χ0v) is 12.6. The second kappa shape index (κ2) is 5.02. The number of nitrogens with zero attached hydrogens (tertiary/aromatic N) is 1. The van der Waals surface area contributed by atoms with E-state index in [0.29, 0.717) is 5.75 Å². The number of thioether (sulfide) groups is 1. The highest BCUT2D eigenvalue weighted by Crippen LogP contribution is 2.43. The fourth-order valence-corrected chi connectivity index (χ4v) is 4.57. The van der Waals surface area contributed by atoms with Gasteiger partial charge in [-0.1, -0.05) is 12.1 Å². The predicted octanol–water partition coefficient (Wildman–Crippen LogP) is 4.14. The molecule has 1 atom stereocenters. The molecule has 4 heteroatoms. The molecule has 0 aliphatic carbocycles. The van der Waals surface area contributed by atoms with Crippen LogP contribution in [-0.2, 0) is 4.79 Å². The summed E-state index contributed by atoms with van der Waals surface area (Å²) in [6.07, 6.45) is 0. The van der Waals surface area contributed by atoms with Crippen LogP contribution in [0.5, 0.6) is 0 Å². The Kier molecular flexibility index (Phi) is 3.37. The number of amides is 1. The monoisotopic (exact) mass is 289 g/mol. The van der Waals surface area contributed by atoms with Gasteiger partial charge in [0.2, 0.25) is 5.91 Å². The molecular formula is C15H15NOS2. The first kappa shape index (κ1) is 12.8. The normalized spacial score (nSPS) is 19.2. The molecule has 3 rings (SSSR count). The highest BCUT2D eigenvalue weighted by Gasteiger charge is 2.34. The smallest absolute Gasteiger partial charge is 0.238 e. The van der Waals surface area contributed by atoms with Crippen molar-refractivity contribution in [2.24, 2.45) is 0 Å². The summed E-state index contributed by atoms with van der Waals surface area (Å²) >= 11 is 3.42. The minimum atomic E-state index is 0.133. The Balaban J connectivity index is 2.02. The van der Waals surface area contributed by atoms with Gasteiger partial charge >= 0.3 is 0 Å². The number of thiophene rings is 1. The van der Waals surface area contributed by atoms with Gasteiger partial charge in [-0.15, -0.1) is 23.1 Å². The number of carbonyl (C=O) groups excluding carboxylic acids is 1. The maximum absolute atomic E-state index is 12.2. The van der Waals surface area contributed by atoms with Crippen LogP contribution in [0.2, 0.25) is 0 Å². The topological polar surface area (TPSA) is 20.3 Å². The van der Waals surface area contributed by atoms with E-state index in [9.17, 15) is 4.79 Å². The second-order valence-corrected chi connectivity index (χ2v) is 6.84. The lowest BCUT2D eigenvalue weighted by Crippen LogP contribution is -2.27. The Labute approximate surface area is 121 Å². The summed E-state index contributed by atoms with van der Waals surface area (Å²) < 4.78 is 0. The molecule has 1 aliphatic heterocycles. The molecule has 2 nitrogen and oxygen atoms in total. The second-order valence-electron chi connectivity index (χ2n) is 4.79. The number of aryl methyl sites for hydroxylation is 2. The first-order valence-corrected chi connectivity index (χ1v) is 8.13. The van der Waals surface area contributed by atoms with Crippen LogP contribution in [0.4, 0.5) is 5.69 Å². The minimum absolute atomic E-state index is 0.133. The van der Waals surface area contributed by atoms with Crippen molar-refractivity contribution in [2.75, 3.05) is 10.7 Å². The summed E-state index contributed by atoms with van der Waals surface area (Å²) in [4.78, 5) is 15.4. The van der Waals surface area contributed by atoms with Crippen molar-refractivity contribution in [1.82, 2.24) is 0 Å². The van der Waals surface area contributed by atoms with Crippen molar-refractivity contribution in [3.05, 3.63) is 51.7 Å². The van der Waals surface area contributed by atoms with E-state index in [1.54, 1.807) is 23.1 Å². The molecule has 1 saturated heterocycles. The van der Waals surface area contributed by atoms with Crippen LogP contribution in [0.3, 0.4) is 0 Å². The highest BCUT2D eigenvalue weighted by molar-refractivity contribution is 8.01. The average molecular weight is 289 g/mol. The van der Waals surface area contributed by atoms with Gasteiger partial charge in [-0.05, 0) is 48.6 Å². The molecule has 0 saturated carbocycles. The zero-order chi connectivity index (χ0) is 13.4. The molecule has 1 aliphatic rings. The quantitative estimate of drug-likeness (QED) is 0.828. The maximum atomic E-state index is 12.2. The molecule has 0 radical (unpaired) electrons. The number of anilines is 1. The summed E-state index contributed by atoms with van der Waals surface area (Å²) in [5.41, 5.74) is 3.42. The Morgan fingerprint density at radius 3 is 2.58 bits per heavy atom. The van der Waals surface area contributed by atoms with E-state index in [-0.39, 0.29) is 11.3 Å². The average Bonchev–Trinajstić information content (AvgIpc) is 2.95. The van der Waals surface area contributed by atoms with Crippen molar-refractivity contribution in [2.45, 2.75) is 19.2 Å². The van der Waals surface area contributed by atoms with Gasteiger partial charge in [0, 0.05) is 10.6 Å². The molecule has 1 amide bonds. The van der Waals surface area contributed by atoms with Gasteiger partial charge in [-0.25, -0.2) is 0 Å². The van der Waals surface area contributed by atoms with Crippen LogP contribution in [0.25, 0.3) is 0 Å². The van der Waals surface area contributed by atoms with Gasteiger partial charge in [-0.2, -0.15) is 0 Å². The Bertz CT molecular complexity index is 586. The molecule has 0 N–H and O–H groups in total. The molecule has 0 spiro atoms. The van der Waals surface area contributed by atoms with Crippen molar-refractivity contribution < 1.29 is 4.79 Å². The standard InChI is InChI=1S/C15H15NOS2/c1-10-6-11(2)8-12(7-10)16-14(17)9-19-15(16)13-4-3-5-18-13/h3-8,15H,9H2,1-2H3/t15-/m0/s1. The molecule has 1 fully saturated rings. The summed E-state index contributed by atoms with van der Waals surface area (Å²) in [5.74, 6) is 0.767. The van der Waals surface area contributed by atoms with Crippen LogP contribution >= 0.6 is 23.1 Å². The third-order valence-corrected chi connectivity index (χ3v) is 5.41. The Morgan fingerprint density at radius 2 is 1.95 bits per heavy atom. The lowest BCUT2D eigenvalue weighted by Gasteiger charge is -2.24. The van der Waals surface area contributed by atoms with E-state index in [2.05, 4.69) is 43.5 Å². The molecule has 0 bridgehead atoms. The summed E-state index contributed by atoms with van der Waals surface area (Å²) in [6, 6.07) is 10.5. The van der Waals surface area contributed by atoms with E-state index < -0.39 is 0 Å². The van der Waals surface area contributed by atoms with E-state index in [0.717, 1.165) is 5.69 Å². The number of hydrogen-bond donors (Lipinski definition) is 0. The Morgan fingerprint density at radius 1 is 1.21 bits per heavy atom. The van der Waals surface area contributed by atoms with Crippen LogP contribution in [0.15, 0.2) is 35.7 Å². The first-order valence-electron chi connectivity index (χ1n) is 6.20. The largest absolute Gasteiger partial charge is 0.294 e. The SMILES string of the molecule is Cc1cc(C)cc(N2C(=O)CS[C@H]2c2cccs2)c1. The molecule has 1 aromatic heterocycles. The van der Waals surface area contributed by atoms with Crippen molar-refractivity contribution in [3.8, 4) is 0 Å². The Hall–Kier alpha value is -1.26. The highest BCUT2D eigenvalue weighted by atomic mass is 32.2. The van der Waals surface area contributed by atoms with Crippen molar-refractivity contribution >= 4 is 34.7 Å². The molecule has 2 aromatic rings. The first-order chi connectivity index (χ1) is 9.15. The molecule has 19 heavy (non-hydrogen) atoms. The number of carbonyl (C=O) groups is 1. The van der Waals surface area contributed by atoms with E-state index >= 15 is 0 Å². The van der Waals surface area contributed by atoms with E-state index in [1.165, 1.54) is 16.0 Å². The van der Waals surface area contributed by atoms with Crippen molar-refractivity contribution in [1.29, 1.82) is 0 Å². The van der Waals surface area contributed by atoms with Gasteiger partial charge < -0.3 is 0 Å². The van der Waals surface area contributed by atoms with Crippen LogP contribution in [0.1, 0.15) is 21.4 Å². The molecule has 2 heterocycles. The third-order valence-electron chi connectivity index (χ3n) is 3.14. The lowest BCUT2D eigenvalue weighted by atomic mass is 10.1. The predicted molar refractivity (Wildman–Crippen MR) is 82.9 cm³/mol. The van der Waals surface area contributed by atoms with Gasteiger partial charge in [0.15, 0.2) is 0 Å². The van der Waals surface area contributed by atoms with Gasteiger partial charge in [-0.3, -0.25) is 9.69 Å². The number of hydrogen-bond acceptors (Lipinski definition) is 3.